The van der Waals surface area contributed by atoms with Gasteiger partial charge in [0.25, 0.3) is 0 Å². The molecule has 7 unspecified atom stereocenters. The van der Waals surface area contributed by atoms with E-state index >= 15 is 0 Å². The maximum atomic E-state index is 7.15. The maximum Gasteiger partial charge on any atom is 0.162 e. The molecule has 2 aliphatic heterocycles. The number of hydrogen-bond acceptors (Lipinski definition) is 2. The van der Waals surface area contributed by atoms with Gasteiger partial charge in [0.05, 0.1) is 24.4 Å². The molecule has 0 radical (unpaired) electrons. The lowest BCUT2D eigenvalue weighted by Gasteiger charge is -2.56. The van der Waals surface area contributed by atoms with Crippen LogP contribution in [0.25, 0.3) is 0 Å². The highest BCUT2D eigenvalue weighted by atomic mass is 16.5. The molecule has 3 heteroatoms. The molecule has 0 aromatic carbocycles. The third kappa shape index (κ3) is 6.15. The summed E-state index contributed by atoms with van der Waals surface area (Å²) < 4.78 is 14.3. The van der Waals surface area contributed by atoms with E-state index in [1.807, 2.05) is 0 Å². The molecular weight excluding hydrogens is 391 g/mol. The largest absolute Gasteiger partial charge is 0.376 e. The Morgan fingerprint density at radius 1 is 0.562 bits per heavy atom. The van der Waals surface area contributed by atoms with E-state index in [0.29, 0.717) is 30.2 Å². The third-order valence-corrected chi connectivity index (χ3v) is 9.66. The number of unbranched alkanes of at least 4 members (excludes halogenated alkanes) is 2. The van der Waals surface area contributed by atoms with Gasteiger partial charge in [0.1, 0.15) is 0 Å². The second-order valence-electron chi connectivity index (χ2n) is 11.9. The predicted octanol–water partition coefficient (Wildman–Crippen LogP) is 9.00. The van der Waals surface area contributed by atoms with Gasteiger partial charge in [-0.15, -0.1) is 0 Å². The zero-order valence-corrected chi connectivity index (χ0v) is 21.6. The Hall–Kier alpha value is -0.0151. The predicted molar refractivity (Wildman–Crippen MR) is 138 cm³/mol. The summed E-state index contributed by atoms with van der Waals surface area (Å²) in [5.41, 5.74) is 0. The zero-order valence-electron chi connectivity index (χ0n) is 21.6. The standard InChI is InChI=1S/C29H53BO2/c1-3-5-12-22-28-29-27(17-4-2)31-25-20-15-10-6-8-13-18-23(25)30(29)24-19-14-9-7-11-16-21-26(24)32-28/h23-29H,3-22H2,1-2H3. The van der Waals surface area contributed by atoms with Gasteiger partial charge in [-0.05, 0) is 43.1 Å². The van der Waals surface area contributed by atoms with E-state index in [4.69, 9.17) is 9.47 Å². The van der Waals surface area contributed by atoms with Crippen molar-refractivity contribution in [1.29, 1.82) is 0 Å². The van der Waals surface area contributed by atoms with Gasteiger partial charge in [-0.3, -0.25) is 0 Å². The summed E-state index contributed by atoms with van der Waals surface area (Å²) in [6.07, 6.45) is 29.6. The van der Waals surface area contributed by atoms with Crippen molar-refractivity contribution in [3.05, 3.63) is 0 Å². The van der Waals surface area contributed by atoms with Gasteiger partial charge in [0, 0.05) is 0 Å². The van der Waals surface area contributed by atoms with Crippen LogP contribution in [0.1, 0.15) is 142 Å². The fourth-order valence-corrected chi connectivity index (χ4v) is 8.19. The minimum Gasteiger partial charge on any atom is -0.376 e. The second kappa shape index (κ2) is 13.2. The molecule has 0 amide bonds. The van der Waals surface area contributed by atoms with Gasteiger partial charge in [0.15, 0.2) is 6.71 Å². The van der Waals surface area contributed by atoms with Crippen LogP contribution in [0.4, 0.5) is 0 Å². The number of rotatable bonds is 6. The summed E-state index contributed by atoms with van der Waals surface area (Å²) in [5, 5.41) is 0. The van der Waals surface area contributed by atoms with E-state index < -0.39 is 0 Å². The van der Waals surface area contributed by atoms with Crippen LogP contribution in [0.3, 0.4) is 0 Å². The first-order valence-electron chi connectivity index (χ1n) is 15.1. The maximum absolute atomic E-state index is 7.15. The van der Waals surface area contributed by atoms with E-state index in [2.05, 4.69) is 13.8 Å². The fourth-order valence-electron chi connectivity index (χ4n) is 8.19. The van der Waals surface area contributed by atoms with Crippen LogP contribution in [0.5, 0.6) is 0 Å². The quantitative estimate of drug-likeness (QED) is 0.301. The van der Waals surface area contributed by atoms with Gasteiger partial charge >= 0.3 is 0 Å². The van der Waals surface area contributed by atoms with Crippen molar-refractivity contribution >= 4 is 6.71 Å². The van der Waals surface area contributed by atoms with Gasteiger partial charge in [0.2, 0.25) is 0 Å². The molecule has 32 heavy (non-hydrogen) atoms. The summed E-state index contributed by atoms with van der Waals surface area (Å²) in [6.45, 7) is 5.57. The van der Waals surface area contributed by atoms with Crippen molar-refractivity contribution in [2.24, 2.45) is 0 Å². The number of fused-ring (bicyclic) bond motifs is 5. The molecular formula is C29H53BO2. The molecule has 2 saturated heterocycles. The second-order valence-corrected chi connectivity index (χ2v) is 11.9. The van der Waals surface area contributed by atoms with Gasteiger partial charge in [-0.1, -0.05) is 117 Å². The Balaban J connectivity index is 1.65. The molecule has 2 aliphatic carbocycles. The Labute approximate surface area is 200 Å². The van der Waals surface area contributed by atoms with Crippen molar-refractivity contribution in [2.45, 2.75) is 184 Å². The van der Waals surface area contributed by atoms with E-state index in [9.17, 15) is 0 Å². The van der Waals surface area contributed by atoms with Crippen LogP contribution in [-0.4, -0.2) is 31.1 Å². The fraction of sp³-hybridized carbons (Fsp3) is 1.00. The van der Waals surface area contributed by atoms with Gasteiger partial charge in [-0.25, -0.2) is 0 Å². The number of ether oxygens (including phenoxy) is 2. The van der Waals surface area contributed by atoms with Gasteiger partial charge in [-0.2, -0.15) is 0 Å². The monoisotopic (exact) mass is 444 g/mol. The molecule has 4 rings (SSSR count). The third-order valence-electron chi connectivity index (χ3n) is 9.66. The first kappa shape index (κ1) is 25.1. The molecule has 0 spiro atoms. The minimum atomic E-state index is 0.451. The van der Waals surface area contributed by atoms with Crippen LogP contribution < -0.4 is 0 Å². The van der Waals surface area contributed by atoms with Crippen LogP contribution in [0.15, 0.2) is 0 Å². The Morgan fingerprint density at radius 3 is 1.59 bits per heavy atom. The van der Waals surface area contributed by atoms with Crippen molar-refractivity contribution in [2.75, 3.05) is 0 Å². The van der Waals surface area contributed by atoms with Crippen LogP contribution in [0, 0.1) is 0 Å². The first-order chi connectivity index (χ1) is 15.8. The number of hydrogen-bond donors (Lipinski definition) is 0. The van der Waals surface area contributed by atoms with Crippen LogP contribution >= 0.6 is 0 Å². The SMILES string of the molecule is CCCCCC1OC2CCCCCCCC2B2C3CCCCCCCC3OC(CCC)C21. The summed E-state index contributed by atoms with van der Waals surface area (Å²) in [4.78, 5) is 0. The minimum absolute atomic E-state index is 0.451. The Morgan fingerprint density at radius 2 is 1.06 bits per heavy atom. The summed E-state index contributed by atoms with van der Waals surface area (Å²) >= 11 is 0. The molecule has 184 valence electrons. The van der Waals surface area contributed by atoms with E-state index in [1.54, 1.807) is 0 Å². The molecule has 0 aromatic heterocycles. The Bertz CT molecular complexity index is 517. The molecule has 7 atom stereocenters. The molecule has 0 bridgehead atoms. The highest BCUT2D eigenvalue weighted by Crippen LogP contribution is 2.56. The molecule has 0 N–H and O–H groups in total. The van der Waals surface area contributed by atoms with Gasteiger partial charge < -0.3 is 9.47 Å². The van der Waals surface area contributed by atoms with E-state index in [1.165, 1.54) is 128 Å². The molecule has 2 heterocycles. The lowest BCUT2D eigenvalue weighted by molar-refractivity contribution is -0.111. The zero-order chi connectivity index (χ0) is 22.2. The lowest BCUT2D eigenvalue weighted by atomic mass is 9.22. The smallest absolute Gasteiger partial charge is 0.162 e. The summed E-state index contributed by atoms with van der Waals surface area (Å²) in [6, 6.07) is 0. The van der Waals surface area contributed by atoms with Crippen molar-refractivity contribution in [3.63, 3.8) is 0 Å². The molecule has 0 aromatic rings. The van der Waals surface area contributed by atoms with E-state index in [0.717, 1.165) is 18.3 Å². The highest BCUT2D eigenvalue weighted by molar-refractivity contribution is 6.65. The molecule has 4 fully saturated rings. The first-order valence-corrected chi connectivity index (χ1v) is 15.1. The average molecular weight is 445 g/mol. The average Bonchev–Trinajstić information content (AvgIpc) is 2.99. The van der Waals surface area contributed by atoms with Crippen LogP contribution in [0.2, 0.25) is 17.5 Å². The van der Waals surface area contributed by atoms with Crippen molar-refractivity contribution in [3.8, 4) is 0 Å². The highest BCUT2D eigenvalue weighted by Gasteiger charge is 2.57. The van der Waals surface area contributed by atoms with E-state index in [-0.39, 0.29) is 0 Å². The lowest BCUT2D eigenvalue weighted by Crippen LogP contribution is -2.59. The van der Waals surface area contributed by atoms with Crippen molar-refractivity contribution in [1.82, 2.24) is 0 Å². The normalized spacial score (nSPS) is 39.2. The van der Waals surface area contributed by atoms with Crippen molar-refractivity contribution < 1.29 is 9.47 Å². The van der Waals surface area contributed by atoms with Crippen LogP contribution in [-0.2, 0) is 9.47 Å². The summed E-state index contributed by atoms with van der Waals surface area (Å²) in [5.74, 6) is 2.27. The molecule has 2 saturated carbocycles. The summed E-state index contributed by atoms with van der Waals surface area (Å²) in [7, 11) is 0. The molecule has 4 aliphatic rings. The Kier molecular flexibility index (Phi) is 10.3. The molecule has 2 nitrogen and oxygen atoms in total. The topological polar surface area (TPSA) is 18.5 Å².